The molecule has 3 N–H and O–H groups in total. The molecule has 0 amide bonds. The maximum absolute atomic E-state index is 5.99. The summed E-state index contributed by atoms with van der Waals surface area (Å²) in [7, 11) is 8.07. The lowest BCUT2D eigenvalue weighted by molar-refractivity contribution is -0.870. The zero-order chi connectivity index (χ0) is 21.4. The van der Waals surface area contributed by atoms with Crippen LogP contribution in [-0.4, -0.2) is 57.0 Å². The molecule has 1 unspecified atom stereocenters. The number of rotatable bonds is 10. The van der Waals surface area contributed by atoms with E-state index in [1.807, 2.05) is 36.4 Å². The number of methoxy groups -OCH3 is 1. The Morgan fingerprint density at radius 2 is 1.69 bits per heavy atom. The van der Waals surface area contributed by atoms with E-state index in [1.54, 1.807) is 7.11 Å². The number of nitrogens with zero attached hydrogens (tertiary/aromatic N) is 1. The molecule has 1 atom stereocenters. The number of thiocarbonyl (C=S) groups is 1. The molecule has 0 aliphatic rings. The van der Waals surface area contributed by atoms with Crippen LogP contribution in [0.2, 0.25) is 5.02 Å². The molecule has 0 heterocycles. The number of nitrogens with two attached hydrogens (primary N) is 1. The first-order valence-corrected chi connectivity index (χ1v) is 10.4. The summed E-state index contributed by atoms with van der Waals surface area (Å²) >= 11 is 11.1. The topological polar surface area (TPSA) is 56.5 Å². The Balaban J connectivity index is 2.09. The SMILES string of the molecule is COc1cc(CC(Cc2ccc(Cl)cc2)NC(N)=S)ccc1OCC[N+](C)(C)C. The second-order valence-electron chi connectivity index (χ2n) is 8.09. The molecular formula is C22H31ClN3O2S+. The van der Waals surface area contributed by atoms with E-state index in [4.69, 9.17) is 39.0 Å². The van der Waals surface area contributed by atoms with Crippen LogP contribution in [0.1, 0.15) is 11.1 Å². The fourth-order valence-corrected chi connectivity index (χ4v) is 3.25. The van der Waals surface area contributed by atoms with Gasteiger partial charge in [0, 0.05) is 11.1 Å². The van der Waals surface area contributed by atoms with Crippen LogP contribution in [0.4, 0.5) is 0 Å². The number of benzene rings is 2. The molecule has 5 nitrogen and oxygen atoms in total. The Bertz CT molecular complexity index is 807. The third-order valence-electron chi connectivity index (χ3n) is 4.47. The maximum atomic E-state index is 5.99. The first kappa shape index (κ1) is 23.3. The minimum absolute atomic E-state index is 0.0586. The molecule has 0 bridgehead atoms. The molecule has 2 rings (SSSR count). The molecule has 158 valence electrons. The van der Waals surface area contributed by atoms with Gasteiger partial charge in [0.15, 0.2) is 16.6 Å². The van der Waals surface area contributed by atoms with E-state index < -0.39 is 0 Å². The third kappa shape index (κ3) is 8.48. The van der Waals surface area contributed by atoms with E-state index in [-0.39, 0.29) is 11.2 Å². The molecule has 2 aromatic carbocycles. The monoisotopic (exact) mass is 436 g/mol. The standard InChI is InChI=1S/C22H30ClN3O2S/c1-26(2,3)11-12-28-20-10-7-17(15-21(20)27-4)14-19(25-22(24)29)13-16-5-8-18(23)9-6-16/h5-10,15,19H,11-14H2,1-4H3,(H2-,24,25,29)/p+1. The lowest BCUT2D eigenvalue weighted by Crippen LogP contribution is -2.41. The fourth-order valence-electron chi connectivity index (χ4n) is 2.95. The Kier molecular flexibility index (Phi) is 8.56. The van der Waals surface area contributed by atoms with Gasteiger partial charge in [-0.1, -0.05) is 29.8 Å². The van der Waals surface area contributed by atoms with Crippen molar-refractivity contribution in [3.63, 3.8) is 0 Å². The van der Waals surface area contributed by atoms with Crippen LogP contribution in [0.5, 0.6) is 11.5 Å². The van der Waals surface area contributed by atoms with Crippen molar-refractivity contribution < 1.29 is 14.0 Å². The molecule has 2 aromatic rings. The first-order chi connectivity index (χ1) is 13.7. The molecule has 0 radical (unpaired) electrons. The van der Waals surface area contributed by atoms with Gasteiger partial charge in [0.1, 0.15) is 13.2 Å². The number of hydrogen-bond acceptors (Lipinski definition) is 3. The van der Waals surface area contributed by atoms with Crippen molar-refractivity contribution >= 4 is 28.9 Å². The Morgan fingerprint density at radius 1 is 1.07 bits per heavy atom. The van der Waals surface area contributed by atoms with E-state index in [2.05, 4.69) is 32.5 Å². The summed E-state index contributed by atoms with van der Waals surface area (Å²) in [5.41, 5.74) is 8.02. The smallest absolute Gasteiger partial charge is 0.163 e. The maximum Gasteiger partial charge on any atom is 0.163 e. The molecule has 0 spiro atoms. The number of hydrogen-bond donors (Lipinski definition) is 2. The van der Waals surface area contributed by atoms with Crippen LogP contribution < -0.4 is 20.5 Å². The zero-order valence-corrected chi connectivity index (χ0v) is 19.1. The lowest BCUT2D eigenvalue weighted by atomic mass is 9.98. The minimum Gasteiger partial charge on any atom is -0.493 e. The summed E-state index contributed by atoms with van der Waals surface area (Å²) in [4.78, 5) is 0. The predicted molar refractivity (Wildman–Crippen MR) is 124 cm³/mol. The summed E-state index contributed by atoms with van der Waals surface area (Å²) in [5.74, 6) is 1.48. The number of halogens is 1. The van der Waals surface area contributed by atoms with Crippen molar-refractivity contribution in [3.8, 4) is 11.5 Å². The molecule has 7 heteroatoms. The Hall–Kier alpha value is -2.02. The van der Waals surface area contributed by atoms with Gasteiger partial charge >= 0.3 is 0 Å². The van der Waals surface area contributed by atoms with Crippen LogP contribution >= 0.6 is 23.8 Å². The second kappa shape index (κ2) is 10.7. The van der Waals surface area contributed by atoms with Crippen LogP contribution in [0.25, 0.3) is 0 Å². The second-order valence-corrected chi connectivity index (χ2v) is 8.96. The van der Waals surface area contributed by atoms with Gasteiger partial charge in [-0.25, -0.2) is 0 Å². The zero-order valence-electron chi connectivity index (χ0n) is 17.6. The highest BCUT2D eigenvalue weighted by atomic mass is 35.5. The van der Waals surface area contributed by atoms with Gasteiger partial charge in [0.25, 0.3) is 0 Å². The van der Waals surface area contributed by atoms with Crippen molar-refractivity contribution in [2.45, 2.75) is 18.9 Å². The van der Waals surface area contributed by atoms with Gasteiger partial charge in [-0.15, -0.1) is 0 Å². The number of nitrogens with one attached hydrogen (secondary N) is 1. The summed E-state index contributed by atoms with van der Waals surface area (Å²) in [5, 5.41) is 4.21. The average Bonchev–Trinajstić information content (AvgIpc) is 2.63. The van der Waals surface area contributed by atoms with Crippen LogP contribution in [0.15, 0.2) is 42.5 Å². The Labute approximate surface area is 184 Å². The normalized spacial score (nSPS) is 12.3. The molecule has 0 aliphatic carbocycles. The van der Waals surface area contributed by atoms with Crippen molar-refractivity contribution in [3.05, 3.63) is 58.6 Å². The van der Waals surface area contributed by atoms with E-state index in [1.165, 1.54) is 0 Å². The van der Waals surface area contributed by atoms with E-state index in [9.17, 15) is 0 Å². The van der Waals surface area contributed by atoms with E-state index in [0.29, 0.717) is 6.61 Å². The molecular weight excluding hydrogens is 406 g/mol. The Morgan fingerprint density at radius 3 is 2.28 bits per heavy atom. The van der Waals surface area contributed by atoms with Crippen molar-refractivity contribution in [1.82, 2.24) is 5.32 Å². The van der Waals surface area contributed by atoms with Crippen molar-refractivity contribution in [2.24, 2.45) is 5.73 Å². The van der Waals surface area contributed by atoms with E-state index in [0.717, 1.165) is 51.5 Å². The minimum atomic E-state index is 0.0586. The predicted octanol–water partition coefficient (Wildman–Crippen LogP) is 3.42. The molecule has 0 aromatic heterocycles. The van der Waals surface area contributed by atoms with Gasteiger partial charge < -0.3 is 25.0 Å². The lowest BCUT2D eigenvalue weighted by Gasteiger charge is -2.24. The molecule has 29 heavy (non-hydrogen) atoms. The highest BCUT2D eigenvalue weighted by Gasteiger charge is 2.14. The van der Waals surface area contributed by atoms with Gasteiger partial charge in [0.05, 0.1) is 28.3 Å². The van der Waals surface area contributed by atoms with Crippen molar-refractivity contribution in [1.29, 1.82) is 0 Å². The number of quaternary nitrogens is 1. The van der Waals surface area contributed by atoms with Gasteiger partial charge in [-0.05, 0) is 60.5 Å². The summed E-state index contributed by atoms with van der Waals surface area (Å²) < 4.78 is 12.3. The fraction of sp³-hybridized carbons (Fsp3) is 0.409. The van der Waals surface area contributed by atoms with Gasteiger partial charge in [-0.2, -0.15) is 0 Å². The molecule has 0 fully saturated rings. The highest BCUT2D eigenvalue weighted by Crippen LogP contribution is 2.29. The summed E-state index contributed by atoms with van der Waals surface area (Å²) in [6.45, 7) is 1.54. The van der Waals surface area contributed by atoms with Crippen LogP contribution in [0, 0.1) is 0 Å². The summed E-state index contributed by atoms with van der Waals surface area (Å²) in [6, 6.07) is 13.9. The third-order valence-corrected chi connectivity index (χ3v) is 4.84. The van der Waals surface area contributed by atoms with Gasteiger partial charge in [-0.3, -0.25) is 0 Å². The summed E-state index contributed by atoms with van der Waals surface area (Å²) in [6.07, 6.45) is 1.52. The average molecular weight is 437 g/mol. The van der Waals surface area contributed by atoms with Gasteiger partial charge in [0.2, 0.25) is 0 Å². The van der Waals surface area contributed by atoms with Crippen LogP contribution in [0.3, 0.4) is 0 Å². The largest absolute Gasteiger partial charge is 0.493 e. The number of likely N-dealkylation sites (N-methyl/N-ethyl adjacent to an activating group) is 1. The van der Waals surface area contributed by atoms with Crippen molar-refractivity contribution in [2.75, 3.05) is 41.4 Å². The van der Waals surface area contributed by atoms with E-state index >= 15 is 0 Å². The molecule has 0 saturated heterocycles. The van der Waals surface area contributed by atoms with Crippen LogP contribution in [-0.2, 0) is 12.8 Å². The highest BCUT2D eigenvalue weighted by molar-refractivity contribution is 7.80. The first-order valence-electron chi connectivity index (χ1n) is 9.57. The quantitative estimate of drug-likeness (QED) is 0.441. The number of ether oxygens (including phenoxy) is 2. The molecule has 0 saturated carbocycles. The molecule has 0 aliphatic heterocycles.